The first-order valence-corrected chi connectivity index (χ1v) is 9.29. The number of guanidine groups is 1. The van der Waals surface area contributed by atoms with E-state index in [9.17, 15) is 0 Å². The van der Waals surface area contributed by atoms with Crippen molar-refractivity contribution in [1.82, 2.24) is 0 Å². The van der Waals surface area contributed by atoms with Crippen molar-refractivity contribution in [2.45, 2.75) is 19.4 Å². The fourth-order valence-electron chi connectivity index (χ4n) is 3.19. The van der Waals surface area contributed by atoms with E-state index in [1.165, 1.54) is 0 Å². The van der Waals surface area contributed by atoms with Gasteiger partial charge in [0.15, 0.2) is 0 Å². The molecule has 140 valence electrons. The van der Waals surface area contributed by atoms with Crippen molar-refractivity contribution in [2.75, 3.05) is 4.90 Å². The Hall–Kier alpha value is -3.53. The van der Waals surface area contributed by atoms with Gasteiger partial charge in [-0.2, -0.15) is 0 Å². The van der Waals surface area contributed by atoms with E-state index in [0.29, 0.717) is 5.96 Å². The van der Waals surface area contributed by atoms with Crippen LogP contribution in [0.25, 0.3) is 6.08 Å². The SMILES string of the molecule is CC1(C)C=Cc2cc(N=C(N)N(c3ccccc3)c3ccccc3)ccc2O1. The van der Waals surface area contributed by atoms with Gasteiger partial charge in [-0.3, -0.25) is 4.90 Å². The molecule has 28 heavy (non-hydrogen) atoms. The smallest absolute Gasteiger partial charge is 0.205 e. The molecule has 0 saturated carbocycles. The first-order chi connectivity index (χ1) is 13.5. The second-order valence-electron chi connectivity index (χ2n) is 7.24. The van der Waals surface area contributed by atoms with Gasteiger partial charge in [0, 0.05) is 16.9 Å². The van der Waals surface area contributed by atoms with E-state index < -0.39 is 0 Å². The minimum Gasteiger partial charge on any atom is -0.483 e. The molecule has 1 aliphatic heterocycles. The summed E-state index contributed by atoms with van der Waals surface area (Å²) in [7, 11) is 0. The Kier molecular flexibility index (Phi) is 4.62. The van der Waals surface area contributed by atoms with Crippen LogP contribution in [-0.2, 0) is 0 Å². The van der Waals surface area contributed by atoms with Gasteiger partial charge in [0.2, 0.25) is 5.96 Å². The van der Waals surface area contributed by atoms with Crippen LogP contribution in [0.2, 0.25) is 0 Å². The normalized spacial score (nSPS) is 14.9. The van der Waals surface area contributed by atoms with Crippen LogP contribution in [0.5, 0.6) is 5.75 Å². The predicted molar refractivity (Wildman–Crippen MR) is 116 cm³/mol. The predicted octanol–water partition coefficient (Wildman–Crippen LogP) is 5.66. The molecule has 0 radical (unpaired) electrons. The number of nitrogens with zero attached hydrogens (tertiary/aromatic N) is 2. The van der Waals surface area contributed by atoms with Gasteiger partial charge in [0.1, 0.15) is 11.4 Å². The number of hydrogen-bond donors (Lipinski definition) is 1. The Balaban J connectivity index is 1.72. The summed E-state index contributed by atoms with van der Waals surface area (Å²) < 4.78 is 5.99. The van der Waals surface area contributed by atoms with Gasteiger partial charge >= 0.3 is 0 Å². The molecule has 0 atom stereocenters. The standard InChI is InChI=1S/C24H23N3O/c1-24(2)16-15-18-17-19(13-14-22(18)28-24)26-23(25)27(20-9-5-3-6-10-20)21-11-7-4-8-12-21/h3-17H,1-2H3,(H2,25,26). The number of aliphatic imine (C=N–C) groups is 1. The van der Waals surface area contributed by atoms with Gasteiger partial charge in [-0.25, -0.2) is 4.99 Å². The molecule has 1 aliphatic rings. The van der Waals surface area contributed by atoms with E-state index in [0.717, 1.165) is 28.4 Å². The summed E-state index contributed by atoms with van der Waals surface area (Å²) in [6.07, 6.45) is 4.12. The average Bonchev–Trinajstić information content (AvgIpc) is 2.69. The van der Waals surface area contributed by atoms with E-state index in [-0.39, 0.29) is 5.60 Å². The lowest BCUT2D eigenvalue weighted by Crippen LogP contribution is -2.33. The van der Waals surface area contributed by atoms with Crippen molar-refractivity contribution in [3.8, 4) is 5.75 Å². The second kappa shape index (κ2) is 7.24. The van der Waals surface area contributed by atoms with Gasteiger partial charge in [-0.15, -0.1) is 0 Å². The van der Waals surface area contributed by atoms with E-state index in [1.807, 2.05) is 104 Å². The summed E-state index contributed by atoms with van der Waals surface area (Å²) in [5.74, 6) is 1.26. The van der Waals surface area contributed by atoms with E-state index in [2.05, 4.69) is 11.1 Å². The highest BCUT2D eigenvalue weighted by Crippen LogP contribution is 2.34. The highest BCUT2D eigenvalue weighted by Gasteiger charge is 2.21. The third kappa shape index (κ3) is 3.76. The van der Waals surface area contributed by atoms with Crippen LogP contribution in [0.4, 0.5) is 17.1 Å². The van der Waals surface area contributed by atoms with E-state index >= 15 is 0 Å². The lowest BCUT2D eigenvalue weighted by Gasteiger charge is -2.28. The maximum atomic E-state index is 6.46. The van der Waals surface area contributed by atoms with Crippen LogP contribution in [-0.4, -0.2) is 11.6 Å². The minimum atomic E-state index is -0.297. The molecule has 4 rings (SSSR count). The number of fused-ring (bicyclic) bond motifs is 1. The zero-order chi connectivity index (χ0) is 19.6. The van der Waals surface area contributed by atoms with Crippen molar-refractivity contribution >= 4 is 29.1 Å². The molecule has 0 fully saturated rings. The second-order valence-corrected chi connectivity index (χ2v) is 7.24. The molecule has 0 amide bonds. The molecule has 0 aromatic heterocycles. The quantitative estimate of drug-likeness (QED) is 0.479. The number of hydrogen-bond acceptors (Lipinski definition) is 2. The van der Waals surface area contributed by atoms with Crippen molar-refractivity contribution in [2.24, 2.45) is 10.7 Å². The molecule has 1 heterocycles. The molecule has 0 spiro atoms. The summed E-state index contributed by atoms with van der Waals surface area (Å²) >= 11 is 0. The van der Waals surface area contributed by atoms with E-state index in [1.54, 1.807) is 0 Å². The van der Waals surface area contributed by atoms with E-state index in [4.69, 9.17) is 10.5 Å². The van der Waals surface area contributed by atoms with Crippen LogP contribution in [0.1, 0.15) is 19.4 Å². The summed E-state index contributed by atoms with van der Waals surface area (Å²) in [5, 5.41) is 0. The summed E-state index contributed by atoms with van der Waals surface area (Å²) in [4.78, 5) is 6.63. The Bertz CT molecular complexity index is 985. The monoisotopic (exact) mass is 369 g/mol. The molecule has 4 nitrogen and oxygen atoms in total. The van der Waals surface area contributed by atoms with Gasteiger partial charge in [-0.05, 0) is 62.4 Å². The van der Waals surface area contributed by atoms with Crippen LogP contribution >= 0.6 is 0 Å². The van der Waals surface area contributed by atoms with Crippen LogP contribution in [0.3, 0.4) is 0 Å². The van der Waals surface area contributed by atoms with Crippen molar-refractivity contribution < 1.29 is 4.74 Å². The highest BCUT2D eigenvalue weighted by atomic mass is 16.5. The third-order valence-electron chi connectivity index (χ3n) is 4.53. The topological polar surface area (TPSA) is 50.8 Å². The lowest BCUT2D eigenvalue weighted by atomic mass is 10.0. The summed E-state index contributed by atoms with van der Waals surface area (Å²) in [6, 6.07) is 25.8. The van der Waals surface area contributed by atoms with Crippen molar-refractivity contribution in [1.29, 1.82) is 0 Å². The molecule has 4 heteroatoms. The Morgan fingerprint density at radius 2 is 1.50 bits per heavy atom. The number of ether oxygens (including phenoxy) is 1. The highest BCUT2D eigenvalue weighted by molar-refractivity contribution is 6.02. The number of benzene rings is 3. The van der Waals surface area contributed by atoms with Crippen LogP contribution < -0.4 is 15.4 Å². The molecule has 0 saturated heterocycles. The van der Waals surface area contributed by atoms with Crippen molar-refractivity contribution in [3.05, 3.63) is 90.5 Å². The maximum absolute atomic E-state index is 6.46. The molecular formula is C24H23N3O. The Morgan fingerprint density at radius 3 is 2.11 bits per heavy atom. The minimum absolute atomic E-state index is 0.297. The zero-order valence-corrected chi connectivity index (χ0v) is 16.0. The maximum Gasteiger partial charge on any atom is 0.205 e. The third-order valence-corrected chi connectivity index (χ3v) is 4.53. The van der Waals surface area contributed by atoms with Crippen LogP contribution in [0.15, 0.2) is 89.9 Å². The Labute approximate surface area is 165 Å². The van der Waals surface area contributed by atoms with Gasteiger partial charge < -0.3 is 10.5 Å². The summed E-state index contributed by atoms with van der Waals surface area (Å²) in [5.41, 5.74) is 9.85. The molecular weight excluding hydrogens is 346 g/mol. The first-order valence-electron chi connectivity index (χ1n) is 9.29. The molecule has 2 N–H and O–H groups in total. The Morgan fingerprint density at radius 1 is 0.893 bits per heavy atom. The zero-order valence-electron chi connectivity index (χ0n) is 16.0. The number of anilines is 2. The number of nitrogens with two attached hydrogens (primary N) is 1. The summed E-state index contributed by atoms with van der Waals surface area (Å²) in [6.45, 7) is 4.07. The molecule has 0 aliphatic carbocycles. The number of para-hydroxylation sites is 2. The fraction of sp³-hybridized carbons (Fsp3) is 0.125. The first kappa shape index (κ1) is 17.9. The number of rotatable bonds is 3. The van der Waals surface area contributed by atoms with Gasteiger partial charge in [0.25, 0.3) is 0 Å². The molecule has 0 bridgehead atoms. The fourth-order valence-corrected chi connectivity index (χ4v) is 3.19. The molecule has 3 aromatic rings. The molecule has 0 unspecified atom stereocenters. The largest absolute Gasteiger partial charge is 0.483 e. The lowest BCUT2D eigenvalue weighted by molar-refractivity contribution is 0.159. The van der Waals surface area contributed by atoms with Crippen molar-refractivity contribution in [3.63, 3.8) is 0 Å². The van der Waals surface area contributed by atoms with Gasteiger partial charge in [0.05, 0.1) is 5.69 Å². The average molecular weight is 369 g/mol. The van der Waals surface area contributed by atoms with Gasteiger partial charge in [-0.1, -0.05) is 42.5 Å². The van der Waals surface area contributed by atoms with Crippen LogP contribution in [0, 0.1) is 0 Å². The molecule has 3 aromatic carbocycles.